The van der Waals surface area contributed by atoms with Crippen molar-refractivity contribution in [2.75, 3.05) is 30.3 Å². The quantitative estimate of drug-likeness (QED) is 0.651. The van der Waals surface area contributed by atoms with E-state index in [2.05, 4.69) is 9.97 Å². The van der Waals surface area contributed by atoms with Crippen molar-refractivity contribution in [2.45, 2.75) is 42.2 Å². The summed E-state index contributed by atoms with van der Waals surface area (Å²) >= 11 is 1.38. The zero-order chi connectivity index (χ0) is 19.4. The van der Waals surface area contributed by atoms with Gasteiger partial charge in [0.05, 0.1) is 12.7 Å². The van der Waals surface area contributed by atoms with Crippen LogP contribution in [0, 0.1) is 11.2 Å². The monoisotopic (exact) mass is 392 g/mol. The van der Waals surface area contributed by atoms with Crippen molar-refractivity contribution in [3.63, 3.8) is 0 Å². The van der Waals surface area contributed by atoms with Crippen LogP contribution in [0.1, 0.15) is 26.2 Å². The molecule has 1 fully saturated rings. The van der Waals surface area contributed by atoms with E-state index >= 15 is 0 Å². The molecule has 1 aliphatic rings. The maximum Gasteiger partial charge on any atom is 0.223 e. The summed E-state index contributed by atoms with van der Waals surface area (Å²) in [7, 11) is 0. The third kappa shape index (κ3) is 4.51. The number of hydrogen-bond acceptors (Lipinski definition) is 7. The van der Waals surface area contributed by atoms with Gasteiger partial charge in [-0.05, 0) is 37.1 Å². The molecular weight excluding hydrogens is 367 g/mol. The predicted octanol–water partition coefficient (Wildman–Crippen LogP) is 2.70. The van der Waals surface area contributed by atoms with Crippen LogP contribution in [0.25, 0.3) is 0 Å². The van der Waals surface area contributed by atoms with Crippen LogP contribution < -0.4 is 10.6 Å². The maximum atomic E-state index is 13.1. The van der Waals surface area contributed by atoms with E-state index in [0.717, 1.165) is 17.7 Å². The first kappa shape index (κ1) is 19.9. The van der Waals surface area contributed by atoms with Gasteiger partial charge in [0.15, 0.2) is 0 Å². The molecule has 0 saturated carbocycles. The number of nitrogens with two attached hydrogens (primary N) is 1. The summed E-state index contributed by atoms with van der Waals surface area (Å²) in [6.45, 7) is 3.11. The molecule has 0 aliphatic carbocycles. The molecule has 0 bridgehead atoms. The lowest BCUT2D eigenvalue weighted by Gasteiger charge is -2.45. The van der Waals surface area contributed by atoms with Crippen molar-refractivity contribution in [2.24, 2.45) is 5.41 Å². The van der Waals surface area contributed by atoms with E-state index in [0.29, 0.717) is 30.4 Å². The van der Waals surface area contributed by atoms with Gasteiger partial charge in [0, 0.05) is 29.5 Å². The number of aromatic nitrogens is 2. The van der Waals surface area contributed by atoms with Crippen molar-refractivity contribution >= 4 is 23.5 Å². The predicted molar refractivity (Wildman–Crippen MR) is 104 cm³/mol. The van der Waals surface area contributed by atoms with Crippen molar-refractivity contribution in [3.05, 3.63) is 36.1 Å². The number of benzene rings is 1. The number of rotatable bonds is 6. The molecule has 1 aromatic heterocycles. The topological polar surface area (TPSA) is 95.5 Å². The Labute approximate surface area is 162 Å². The first-order valence-electron chi connectivity index (χ1n) is 9.07. The van der Waals surface area contributed by atoms with Gasteiger partial charge in [-0.15, -0.1) is 0 Å². The Balaban J connectivity index is 1.83. The minimum atomic E-state index is -0.559. The van der Waals surface area contributed by atoms with E-state index in [1.54, 1.807) is 12.1 Å². The van der Waals surface area contributed by atoms with Gasteiger partial charge >= 0.3 is 0 Å². The lowest BCUT2D eigenvalue weighted by atomic mass is 9.74. The molecule has 6 nitrogen and oxygen atoms in total. The second kappa shape index (κ2) is 8.41. The fourth-order valence-corrected chi connectivity index (χ4v) is 4.41. The Bertz CT molecular complexity index is 777. The highest BCUT2D eigenvalue weighted by molar-refractivity contribution is 7.99. The second-order valence-electron chi connectivity index (χ2n) is 6.98. The van der Waals surface area contributed by atoms with Gasteiger partial charge in [0.1, 0.15) is 16.7 Å². The van der Waals surface area contributed by atoms with Gasteiger partial charge < -0.3 is 20.8 Å². The van der Waals surface area contributed by atoms with E-state index in [1.165, 1.54) is 23.9 Å². The number of anilines is 2. The molecule has 0 radical (unpaired) electrons. The molecule has 1 aromatic carbocycles. The summed E-state index contributed by atoms with van der Waals surface area (Å²) in [5, 5.41) is 21.1. The van der Waals surface area contributed by atoms with Gasteiger partial charge in [-0.1, -0.05) is 25.1 Å². The Morgan fingerprint density at radius 2 is 2.07 bits per heavy atom. The minimum Gasteiger partial charge on any atom is -0.396 e. The molecule has 1 saturated heterocycles. The zero-order valence-corrected chi connectivity index (χ0v) is 16.1. The van der Waals surface area contributed by atoms with Crippen LogP contribution in [-0.4, -0.2) is 46.0 Å². The lowest BCUT2D eigenvalue weighted by molar-refractivity contribution is -0.0353. The fourth-order valence-electron chi connectivity index (χ4n) is 3.59. The van der Waals surface area contributed by atoms with Crippen molar-refractivity contribution in [1.29, 1.82) is 0 Å². The molecule has 0 unspecified atom stereocenters. The Morgan fingerprint density at radius 3 is 2.74 bits per heavy atom. The summed E-state index contributed by atoms with van der Waals surface area (Å²) in [6.07, 6.45) is 1.64. The molecule has 2 atom stereocenters. The average molecular weight is 393 g/mol. The van der Waals surface area contributed by atoms with Crippen LogP contribution in [0.5, 0.6) is 0 Å². The van der Waals surface area contributed by atoms with Crippen molar-refractivity contribution in [1.82, 2.24) is 9.97 Å². The lowest BCUT2D eigenvalue weighted by Crippen LogP contribution is -2.54. The van der Waals surface area contributed by atoms with Crippen molar-refractivity contribution < 1.29 is 14.6 Å². The highest BCUT2D eigenvalue weighted by Crippen LogP contribution is 2.37. The number of aliphatic hydroxyl groups excluding tert-OH is 2. The molecule has 0 amide bonds. The molecule has 4 N–H and O–H groups in total. The number of aliphatic hydroxyl groups is 2. The fraction of sp³-hybridized carbons (Fsp3) is 0.474. The SMILES string of the molecule is CCC[C@]1(CO)CN(c2cc(Sc3ccc(F)cc3)nc(N)n2)CC[C@H]1O. The molecule has 27 heavy (non-hydrogen) atoms. The van der Waals surface area contributed by atoms with Gasteiger partial charge in [0.25, 0.3) is 0 Å². The van der Waals surface area contributed by atoms with Gasteiger partial charge in [-0.2, -0.15) is 4.98 Å². The second-order valence-corrected chi connectivity index (χ2v) is 8.07. The minimum absolute atomic E-state index is 0.0732. The first-order chi connectivity index (χ1) is 13.0. The van der Waals surface area contributed by atoms with E-state index < -0.39 is 11.5 Å². The largest absolute Gasteiger partial charge is 0.396 e. The number of halogens is 1. The van der Waals surface area contributed by atoms with Gasteiger partial charge in [-0.3, -0.25) is 0 Å². The molecule has 146 valence electrons. The summed E-state index contributed by atoms with van der Waals surface area (Å²) in [5.74, 6) is 0.548. The smallest absolute Gasteiger partial charge is 0.223 e. The first-order valence-corrected chi connectivity index (χ1v) is 9.89. The Morgan fingerprint density at radius 1 is 1.33 bits per heavy atom. The zero-order valence-electron chi connectivity index (χ0n) is 15.3. The molecule has 3 rings (SSSR count). The molecular formula is C19H25FN4O2S. The third-order valence-corrected chi connectivity index (χ3v) is 5.94. The Hall–Kier alpha value is -1.90. The van der Waals surface area contributed by atoms with Crippen LogP contribution in [0.15, 0.2) is 40.3 Å². The maximum absolute atomic E-state index is 13.1. The van der Waals surface area contributed by atoms with E-state index in [9.17, 15) is 14.6 Å². The van der Waals surface area contributed by atoms with E-state index in [-0.39, 0.29) is 18.4 Å². The van der Waals surface area contributed by atoms with Crippen LogP contribution >= 0.6 is 11.8 Å². The number of nitrogen functional groups attached to an aromatic ring is 1. The van der Waals surface area contributed by atoms with E-state index in [1.807, 2.05) is 17.9 Å². The van der Waals surface area contributed by atoms with Crippen molar-refractivity contribution in [3.8, 4) is 0 Å². The summed E-state index contributed by atoms with van der Waals surface area (Å²) in [4.78, 5) is 11.5. The number of piperidine rings is 1. The standard InChI is InChI=1S/C19H25FN4O2S/c1-2-8-19(12-25)11-24(9-7-15(19)26)16-10-17(23-18(21)22-16)27-14-5-3-13(20)4-6-14/h3-6,10,15,25-26H,2,7-9,11-12H2,1H3,(H2,21,22,23)/t15-,19-/m1/s1. The third-order valence-electron chi connectivity index (χ3n) is 5.01. The number of hydrogen-bond donors (Lipinski definition) is 3. The summed E-state index contributed by atoms with van der Waals surface area (Å²) < 4.78 is 13.1. The number of nitrogens with zero attached hydrogens (tertiary/aromatic N) is 3. The van der Waals surface area contributed by atoms with Crippen LogP contribution in [0.4, 0.5) is 16.2 Å². The average Bonchev–Trinajstić information content (AvgIpc) is 2.65. The summed E-state index contributed by atoms with van der Waals surface area (Å²) in [6, 6.07) is 8.02. The normalized spacial score (nSPS) is 22.8. The van der Waals surface area contributed by atoms with Gasteiger partial charge in [-0.25, -0.2) is 9.37 Å². The molecule has 0 spiro atoms. The molecule has 2 aromatic rings. The van der Waals surface area contributed by atoms with Crippen LogP contribution in [-0.2, 0) is 0 Å². The van der Waals surface area contributed by atoms with Gasteiger partial charge in [0.2, 0.25) is 5.95 Å². The molecule has 1 aliphatic heterocycles. The summed E-state index contributed by atoms with van der Waals surface area (Å²) in [5.41, 5.74) is 5.35. The molecule has 2 heterocycles. The van der Waals surface area contributed by atoms with Crippen LogP contribution in [0.2, 0.25) is 0 Å². The highest BCUT2D eigenvalue weighted by Gasteiger charge is 2.42. The Kier molecular flexibility index (Phi) is 6.18. The van der Waals surface area contributed by atoms with Crippen LogP contribution in [0.3, 0.4) is 0 Å². The van der Waals surface area contributed by atoms with E-state index in [4.69, 9.17) is 5.73 Å². The molecule has 8 heteroatoms. The highest BCUT2D eigenvalue weighted by atomic mass is 32.2.